The largest absolute Gasteiger partial charge is 0.497 e. The van der Waals surface area contributed by atoms with Crippen molar-refractivity contribution in [2.75, 3.05) is 51.3 Å². The minimum atomic E-state index is 0.687. The van der Waals surface area contributed by atoms with Crippen LogP contribution in [0.15, 0.2) is 24.3 Å². The summed E-state index contributed by atoms with van der Waals surface area (Å²) in [6.45, 7) is 11.9. The van der Waals surface area contributed by atoms with Crippen molar-refractivity contribution in [1.29, 1.82) is 0 Å². The molecule has 2 fully saturated rings. The molecule has 1 aromatic carbocycles. The number of rotatable bonds is 4. The Bertz CT molecular complexity index is 489. The Balaban J connectivity index is 1.51. The highest BCUT2D eigenvalue weighted by atomic mass is 16.5. The fourth-order valence-corrected chi connectivity index (χ4v) is 3.92. The number of hydrogen-bond donors (Lipinski definition) is 0. The van der Waals surface area contributed by atoms with E-state index in [-0.39, 0.29) is 0 Å². The first-order chi connectivity index (χ1) is 11.2. The molecule has 23 heavy (non-hydrogen) atoms. The molecule has 2 heterocycles. The van der Waals surface area contributed by atoms with E-state index in [0.717, 1.165) is 24.9 Å². The lowest BCUT2D eigenvalue weighted by Gasteiger charge is -2.44. The van der Waals surface area contributed by atoms with Crippen LogP contribution in [0.1, 0.15) is 26.7 Å². The third-order valence-corrected chi connectivity index (χ3v) is 5.48. The van der Waals surface area contributed by atoms with E-state index in [1.807, 2.05) is 6.07 Å². The molecular weight excluding hydrogens is 286 g/mol. The van der Waals surface area contributed by atoms with Crippen LogP contribution < -0.4 is 9.64 Å². The third kappa shape index (κ3) is 3.99. The monoisotopic (exact) mass is 317 g/mol. The Labute approximate surface area is 141 Å². The Kier molecular flexibility index (Phi) is 5.44. The summed E-state index contributed by atoms with van der Waals surface area (Å²) in [6, 6.07) is 9.92. The molecule has 0 spiro atoms. The Morgan fingerprint density at radius 1 is 1.00 bits per heavy atom. The van der Waals surface area contributed by atoms with Gasteiger partial charge in [0.25, 0.3) is 0 Å². The predicted octanol–water partition coefficient (Wildman–Crippen LogP) is 2.69. The fourth-order valence-electron chi connectivity index (χ4n) is 3.92. The second-order valence-electron chi connectivity index (χ2n) is 7.09. The van der Waals surface area contributed by atoms with Crippen molar-refractivity contribution >= 4 is 5.69 Å². The van der Waals surface area contributed by atoms with Crippen LogP contribution in [-0.2, 0) is 0 Å². The van der Waals surface area contributed by atoms with E-state index in [1.165, 1.54) is 44.7 Å². The molecule has 0 radical (unpaired) electrons. The van der Waals surface area contributed by atoms with Gasteiger partial charge in [-0.15, -0.1) is 0 Å². The van der Waals surface area contributed by atoms with Crippen LogP contribution in [0.2, 0.25) is 0 Å². The maximum Gasteiger partial charge on any atom is 0.120 e. The van der Waals surface area contributed by atoms with Crippen LogP contribution in [0.5, 0.6) is 5.75 Å². The quantitative estimate of drug-likeness (QED) is 0.850. The lowest BCUT2D eigenvalue weighted by molar-refractivity contribution is 0.0692. The number of nitrogens with zero attached hydrogens (tertiary/aromatic N) is 3. The highest BCUT2D eigenvalue weighted by molar-refractivity contribution is 5.51. The third-order valence-electron chi connectivity index (χ3n) is 5.48. The first-order valence-electron chi connectivity index (χ1n) is 9.04. The van der Waals surface area contributed by atoms with Crippen molar-refractivity contribution in [2.45, 2.75) is 38.8 Å². The van der Waals surface area contributed by atoms with Crippen molar-refractivity contribution < 1.29 is 4.74 Å². The zero-order valence-electron chi connectivity index (χ0n) is 14.9. The summed E-state index contributed by atoms with van der Waals surface area (Å²) in [4.78, 5) is 7.83. The summed E-state index contributed by atoms with van der Waals surface area (Å²) in [5, 5.41) is 0. The van der Waals surface area contributed by atoms with Gasteiger partial charge in [-0.3, -0.25) is 9.80 Å². The lowest BCUT2D eigenvalue weighted by Crippen LogP contribution is -2.54. The SMILES string of the molecule is COc1cccc(N2CCC(N3CCN(C(C)C)CC3)CC2)c1. The number of anilines is 1. The molecule has 2 saturated heterocycles. The lowest BCUT2D eigenvalue weighted by atomic mass is 10.0. The number of methoxy groups -OCH3 is 1. The summed E-state index contributed by atoms with van der Waals surface area (Å²) < 4.78 is 5.35. The van der Waals surface area contributed by atoms with Crippen molar-refractivity contribution in [3.8, 4) is 5.75 Å². The van der Waals surface area contributed by atoms with Crippen molar-refractivity contribution in [1.82, 2.24) is 9.80 Å². The average molecular weight is 317 g/mol. The van der Waals surface area contributed by atoms with E-state index < -0.39 is 0 Å². The van der Waals surface area contributed by atoms with Gasteiger partial charge in [-0.1, -0.05) is 6.07 Å². The van der Waals surface area contributed by atoms with Crippen molar-refractivity contribution in [2.24, 2.45) is 0 Å². The normalized spacial score (nSPS) is 21.8. The molecule has 0 aromatic heterocycles. The van der Waals surface area contributed by atoms with Crippen LogP contribution in [0, 0.1) is 0 Å². The highest BCUT2D eigenvalue weighted by Crippen LogP contribution is 2.26. The molecule has 0 amide bonds. The van der Waals surface area contributed by atoms with Gasteiger partial charge in [-0.05, 0) is 38.8 Å². The summed E-state index contributed by atoms with van der Waals surface area (Å²) in [5.41, 5.74) is 1.30. The number of ether oxygens (including phenoxy) is 1. The van der Waals surface area contributed by atoms with Gasteiger partial charge >= 0.3 is 0 Å². The van der Waals surface area contributed by atoms with Gasteiger partial charge < -0.3 is 9.64 Å². The van der Waals surface area contributed by atoms with E-state index in [2.05, 4.69) is 46.7 Å². The van der Waals surface area contributed by atoms with Crippen molar-refractivity contribution in [3.05, 3.63) is 24.3 Å². The smallest absolute Gasteiger partial charge is 0.120 e. The predicted molar refractivity (Wildman–Crippen MR) is 96.5 cm³/mol. The van der Waals surface area contributed by atoms with Gasteiger partial charge in [0.2, 0.25) is 0 Å². The van der Waals surface area contributed by atoms with Crippen LogP contribution in [-0.4, -0.2) is 68.3 Å². The standard InChI is InChI=1S/C19H31N3O/c1-16(2)20-11-13-22(14-12-20)17-7-9-21(10-8-17)18-5-4-6-19(15-18)23-3/h4-6,15-17H,7-14H2,1-3H3. The average Bonchev–Trinajstić information content (AvgIpc) is 2.62. The van der Waals surface area contributed by atoms with Gasteiger partial charge in [0.1, 0.15) is 5.75 Å². The number of piperidine rings is 1. The fraction of sp³-hybridized carbons (Fsp3) is 0.684. The first-order valence-corrected chi connectivity index (χ1v) is 9.04. The van der Waals surface area contributed by atoms with Crippen molar-refractivity contribution in [3.63, 3.8) is 0 Å². The van der Waals surface area contributed by atoms with Gasteiger partial charge in [-0.25, -0.2) is 0 Å². The van der Waals surface area contributed by atoms with E-state index in [0.29, 0.717) is 6.04 Å². The molecule has 0 aliphatic carbocycles. The molecule has 0 saturated carbocycles. The topological polar surface area (TPSA) is 19.0 Å². The number of hydrogen-bond acceptors (Lipinski definition) is 4. The van der Waals surface area contributed by atoms with Gasteiger partial charge in [0, 0.05) is 63.1 Å². The van der Waals surface area contributed by atoms with Crippen LogP contribution in [0.25, 0.3) is 0 Å². The number of benzene rings is 1. The molecule has 2 aliphatic heterocycles. The highest BCUT2D eigenvalue weighted by Gasteiger charge is 2.28. The molecule has 3 rings (SSSR count). The molecular formula is C19H31N3O. The molecule has 4 heteroatoms. The van der Waals surface area contributed by atoms with E-state index in [4.69, 9.17) is 4.74 Å². The minimum Gasteiger partial charge on any atom is -0.497 e. The molecule has 128 valence electrons. The Hall–Kier alpha value is -1.26. The second-order valence-corrected chi connectivity index (χ2v) is 7.09. The van der Waals surface area contributed by atoms with Crippen LogP contribution in [0.4, 0.5) is 5.69 Å². The Morgan fingerprint density at radius 3 is 2.30 bits per heavy atom. The minimum absolute atomic E-state index is 0.687. The zero-order chi connectivity index (χ0) is 16.2. The maximum atomic E-state index is 5.35. The molecule has 1 aromatic rings. The van der Waals surface area contributed by atoms with Gasteiger partial charge in [-0.2, -0.15) is 0 Å². The van der Waals surface area contributed by atoms with Gasteiger partial charge in [0.15, 0.2) is 0 Å². The Morgan fingerprint density at radius 2 is 1.70 bits per heavy atom. The van der Waals surface area contributed by atoms with Crippen LogP contribution in [0.3, 0.4) is 0 Å². The first kappa shape index (κ1) is 16.6. The van der Waals surface area contributed by atoms with E-state index in [1.54, 1.807) is 7.11 Å². The molecule has 0 bridgehead atoms. The second kappa shape index (κ2) is 7.54. The molecule has 4 nitrogen and oxygen atoms in total. The number of piperazine rings is 1. The van der Waals surface area contributed by atoms with E-state index in [9.17, 15) is 0 Å². The summed E-state index contributed by atoms with van der Waals surface area (Å²) in [6.07, 6.45) is 2.55. The molecule has 0 atom stereocenters. The summed E-state index contributed by atoms with van der Waals surface area (Å²) in [7, 11) is 1.74. The summed E-state index contributed by atoms with van der Waals surface area (Å²) in [5.74, 6) is 0.953. The maximum absolute atomic E-state index is 5.35. The zero-order valence-corrected chi connectivity index (χ0v) is 14.9. The van der Waals surface area contributed by atoms with Gasteiger partial charge in [0.05, 0.1) is 7.11 Å². The molecule has 2 aliphatic rings. The summed E-state index contributed by atoms with van der Waals surface area (Å²) >= 11 is 0. The van der Waals surface area contributed by atoms with Crippen LogP contribution >= 0.6 is 0 Å². The molecule has 0 N–H and O–H groups in total. The van der Waals surface area contributed by atoms with E-state index >= 15 is 0 Å². The molecule has 0 unspecified atom stereocenters.